The lowest BCUT2D eigenvalue weighted by atomic mass is 9.86. The first kappa shape index (κ1) is 19.2. The van der Waals surface area contributed by atoms with E-state index >= 15 is 0 Å². The summed E-state index contributed by atoms with van der Waals surface area (Å²) in [7, 11) is 1.65. The zero-order valence-electron chi connectivity index (χ0n) is 15.1. The SMILES string of the molecule is CCOC(=O)CCN(CCC=O)C(C1=CCC1)c1cccc(OC)c1. The van der Waals surface area contributed by atoms with Gasteiger partial charge in [-0.15, -0.1) is 0 Å². The molecule has 0 saturated carbocycles. The van der Waals surface area contributed by atoms with Gasteiger partial charge in [-0.05, 0) is 37.5 Å². The van der Waals surface area contributed by atoms with Crippen LogP contribution in [0.4, 0.5) is 0 Å². The van der Waals surface area contributed by atoms with Crippen molar-refractivity contribution in [1.82, 2.24) is 4.90 Å². The predicted octanol–water partition coefficient (Wildman–Crippen LogP) is 3.30. The van der Waals surface area contributed by atoms with E-state index in [1.165, 1.54) is 5.57 Å². The van der Waals surface area contributed by atoms with Crippen LogP contribution in [0, 0.1) is 0 Å². The Morgan fingerprint density at radius 3 is 2.76 bits per heavy atom. The van der Waals surface area contributed by atoms with Crippen LogP contribution in [0.3, 0.4) is 0 Å². The molecule has 0 N–H and O–H groups in total. The number of rotatable bonds is 11. The van der Waals surface area contributed by atoms with Crippen molar-refractivity contribution in [1.29, 1.82) is 0 Å². The zero-order chi connectivity index (χ0) is 18.1. The molecule has 1 unspecified atom stereocenters. The molecule has 0 amide bonds. The Morgan fingerprint density at radius 2 is 2.16 bits per heavy atom. The molecule has 1 atom stereocenters. The lowest BCUT2D eigenvalue weighted by molar-refractivity contribution is -0.143. The van der Waals surface area contributed by atoms with Gasteiger partial charge in [0.1, 0.15) is 12.0 Å². The van der Waals surface area contributed by atoms with Crippen LogP contribution in [0.15, 0.2) is 35.9 Å². The van der Waals surface area contributed by atoms with Gasteiger partial charge in [0, 0.05) is 19.5 Å². The number of hydrogen-bond acceptors (Lipinski definition) is 5. The van der Waals surface area contributed by atoms with Gasteiger partial charge in [-0.3, -0.25) is 9.69 Å². The number of benzene rings is 1. The molecule has 25 heavy (non-hydrogen) atoms. The molecule has 136 valence electrons. The molecule has 0 spiro atoms. The van der Waals surface area contributed by atoms with Crippen molar-refractivity contribution in [3.05, 3.63) is 41.5 Å². The van der Waals surface area contributed by atoms with E-state index in [-0.39, 0.29) is 12.0 Å². The quantitative estimate of drug-likeness (QED) is 0.350. The Hall–Kier alpha value is -2.14. The van der Waals surface area contributed by atoms with Crippen LogP contribution < -0.4 is 4.74 Å². The lowest BCUT2D eigenvalue weighted by Crippen LogP contribution is -2.34. The van der Waals surface area contributed by atoms with Crippen molar-refractivity contribution in [2.75, 3.05) is 26.8 Å². The fraction of sp³-hybridized carbons (Fsp3) is 0.500. The van der Waals surface area contributed by atoms with Crippen molar-refractivity contribution >= 4 is 12.3 Å². The van der Waals surface area contributed by atoms with E-state index in [9.17, 15) is 9.59 Å². The summed E-state index contributed by atoms with van der Waals surface area (Å²) in [5.74, 6) is 0.605. The number of aldehydes is 1. The van der Waals surface area contributed by atoms with Crippen LogP contribution in [0.2, 0.25) is 0 Å². The summed E-state index contributed by atoms with van der Waals surface area (Å²) < 4.78 is 10.4. The molecule has 0 heterocycles. The van der Waals surface area contributed by atoms with Gasteiger partial charge < -0.3 is 14.3 Å². The van der Waals surface area contributed by atoms with Crippen LogP contribution >= 0.6 is 0 Å². The van der Waals surface area contributed by atoms with Gasteiger partial charge in [0.05, 0.1) is 26.2 Å². The normalized spacial score (nSPS) is 14.4. The summed E-state index contributed by atoms with van der Waals surface area (Å²) in [4.78, 5) is 24.9. The van der Waals surface area contributed by atoms with Gasteiger partial charge in [0.25, 0.3) is 0 Å². The molecule has 1 aliphatic carbocycles. The maximum absolute atomic E-state index is 11.8. The Bertz CT molecular complexity index is 611. The Morgan fingerprint density at radius 1 is 1.36 bits per heavy atom. The van der Waals surface area contributed by atoms with Crippen molar-refractivity contribution < 1.29 is 19.1 Å². The lowest BCUT2D eigenvalue weighted by Gasteiger charge is -2.36. The zero-order valence-corrected chi connectivity index (χ0v) is 15.1. The van der Waals surface area contributed by atoms with Crippen LogP contribution in [0.5, 0.6) is 5.75 Å². The number of allylic oxidation sites excluding steroid dienone is 1. The van der Waals surface area contributed by atoms with Gasteiger partial charge in [0.2, 0.25) is 0 Å². The number of hydrogen-bond donors (Lipinski definition) is 0. The van der Waals surface area contributed by atoms with Gasteiger partial charge in [-0.1, -0.05) is 23.8 Å². The fourth-order valence-electron chi connectivity index (χ4n) is 3.09. The van der Waals surface area contributed by atoms with E-state index in [4.69, 9.17) is 9.47 Å². The van der Waals surface area contributed by atoms with E-state index in [1.54, 1.807) is 14.0 Å². The Kier molecular flexibility index (Phi) is 7.67. The van der Waals surface area contributed by atoms with Crippen molar-refractivity contribution in [2.24, 2.45) is 0 Å². The van der Waals surface area contributed by atoms with Crippen molar-refractivity contribution in [3.63, 3.8) is 0 Å². The average Bonchev–Trinajstić information content (AvgIpc) is 2.59. The third kappa shape index (κ3) is 5.43. The number of methoxy groups -OCH3 is 1. The van der Waals surface area contributed by atoms with Gasteiger partial charge in [0.15, 0.2) is 0 Å². The molecule has 0 aliphatic heterocycles. The fourth-order valence-corrected chi connectivity index (χ4v) is 3.09. The summed E-state index contributed by atoms with van der Waals surface area (Å²) in [6.07, 6.45) is 6.04. The third-order valence-corrected chi connectivity index (χ3v) is 4.41. The molecule has 0 radical (unpaired) electrons. The standard InChI is InChI=1S/C20H27NO4/c1-3-25-19(23)11-13-21(12-6-14-22)20(16-7-4-8-16)17-9-5-10-18(15-17)24-2/h5,7,9-10,14-15,20H,3-4,6,8,11-13H2,1-2H3. The first-order valence-electron chi connectivity index (χ1n) is 8.85. The molecule has 0 fully saturated rings. The van der Waals surface area contributed by atoms with Crippen LogP contribution in [0.25, 0.3) is 0 Å². The molecule has 0 aromatic heterocycles. The largest absolute Gasteiger partial charge is 0.497 e. The van der Waals surface area contributed by atoms with E-state index in [0.29, 0.717) is 32.5 Å². The molecular formula is C20H27NO4. The van der Waals surface area contributed by atoms with E-state index in [0.717, 1.165) is 30.4 Å². The summed E-state index contributed by atoms with van der Waals surface area (Å²) in [6, 6.07) is 8.07. The minimum absolute atomic E-state index is 0.0678. The highest BCUT2D eigenvalue weighted by Gasteiger charge is 2.27. The number of carbonyl (C=O) groups is 2. The van der Waals surface area contributed by atoms with Gasteiger partial charge in [-0.25, -0.2) is 0 Å². The maximum atomic E-state index is 11.8. The first-order chi connectivity index (χ1) is 12.2. The summed E-state index contributed by atoms with van der Waals surface area (Å²) >= 11 is 0. The molecule has 1 aromatic rings. The molecule has 0 saturated heterocycles. The smallest absolute Gasteiger partial charge is 0.307 e. The van der Waals surface area contributed by atoms with E-state index < -0.39 is 0 Å². The maximum Gasteiger partial charge on any atom is 0.307 e. The Balaban J connectivity index is 2.22. The van der Waals surface area contributed by atoms with Crippen LogP contribution in [0.1, 0.15) is 44.2 Å². The second kappa shape index (κ2) is 9.99. The molecular weight excluding hydrogens is 318 g/mol. The van der Waals surface area contributed by atoms with Crippen LogP contribution in [-0.2, 0) is 14.3 Å². The minimum atomic E-state index is -0.203. The Labute approximate surface area is 149 Å². The third-order valence-electron chi connectivity index (χ3n) is 4.41. The first-order valence-corrected chi connectivity index (χ1v) is 8.85. The number of nitrogens with zero attached hydrogens (tertiary/aromatic N) is 1. The van der Waals surface area contributed by atoms with E-state index in [2.05, 4.69) is 17.0 Å². The highest BCUT2D eigenvalue weighted by atomic mass is 16.5. The van der Waals surface area contributed by atoms with Crippen molar-refractivity contribution in [2.45, 2.75) is 38.6 Å². The molecule has 5 heteroatoms. The van der Waals surface area contributed by atoms with Gasteiger partial charge in [-0.2, -0.15) is 0 Å². The summed E-state index contributed by atoms with van der Waals surface area (Å²) in [5, 5.41) is 0. The predicted molar refractivity (Wildman–Crippen MR) is 96.6 cm³/mol. The molecule has 5 nitrogen and oxygen atoms in total. The second-order valence-corrected chi connectivity index (χ2v) is 6.04. The summed E-state index contributed by atoms with van der Waals surface area (Å²) in [6.45, 7) is 3.37. The molecule has 1 aromatic carbocycles. The average molecular weight is 345 g/mol. The van der Waals surface area contributed by atoms with Gasteiger partial charge >= 0.3 is 5.97 Å². The highest BCUT2D eigenvalue weighted by molar-refractivity contribution is 5.69. The van der Waals surface area contributed by atoms with E-state index in [1.807, 2.05) is 18.2 Å². The van der Waals surface area contributed by atoms with Crippen LogP contribution in [-0.4, -0.2) is 44.0 Å². The monoisotopic (exact) mass is 345 g/mol. The number of carbonyl (C=O) groups excluding carboxylic acids is 2. The molecule has 2 rings (SSSR count). The number of esters is 1. The topological polar surface area (TPSA) is 55.8 Å². The highest BCUT2D eigenvalue weighted by Crippen LogP contribution is 2.37. The minimum Gasteiger partial charge on any atom is -0.497 e. The second-order valence-electron chi connectivity index (χ2n) is 6.04. The molecule has 1 aliphatic rings. The molecule has 0 bridgehead atoms. The van der Waals surface area contributed by atoms with Crippen molar-refractivity contribution in [3.8, 4) is 5.75 Å². The number of ether oxygens (including phenoxy) is 2. The summed E-state index contributed by atoms with van der Waals surface area (Å²) in [5.41, 5.74) is 2.46.